The molecule has 1 atom stereocenters. The number of halogens is 3. The fraction of sp³-hybridized carbons (Fsp3) is 0.481. The monoisotopic (exact) mass is 544 g/mol. The molecule has 1 aliphatic carbocycles. The molecule has 1 saturated heterocycles. The molecule has 2 fully saturated rings. The third kappa shape index (κ3) is 5.62. The van der Waals surface area contributed by atoms with Crippen molar-refractivity contribution < 1.29 is 27.8 Å². The van der Waals surface area contributed by atoms with Gasteiger partial charge < -0.3 is 20.1 Å². The Hall–Kier alpha value is -3.51. The van der Waals surface area contributed by atoms with Crippen molar-refractivity contribution in [2.45, 2.75) is 57.0 Å². The third-order valence-electron chi connectivity index (χ3n) is 7.55. The Morgan fingerprint density at radius 3 is 2.67 bits per heavy atom. The van der Waals surface area contributed by atoms with Crippen LogP contribution in [0.25, 0.3) is 11.3 Å². The summed E-state index contributed by atoms with van der Waals surface area (Å²) in [5.74, 6) is -0.160. The predicted octanol–water partition coefficient (Wildman–Crippen LogP) is 4.39. The molecule has 5 rings (SSSR count). The molecule has 1 aliphatic heterocycles. The Bertz CT molecular complexity index is 1370. The Labute approximate surface area is 224 Å². The second kappa shape index (κ2) is 9.91. The molecule has 208 valence electrons. The average molecular weight is 545 g/mol. The van der Waals surface area contributed by atoms with Crippen LogP contribution < -0.4 is 10.2 Å². The number of aromatic nitrogens is 4. The molecule has 2 aliphatic rings. The lowest BCUT2D eigenvalue weighted by Gasteiger charge is -2.39. The van der Waals surface area contributed by atoms with E-state index in [-0.39, 0.29) is 12.2 Å². The molecule has 2 N–H and O–H groups in total. The maximum Gasteiger partial charge on any atom is 0.435 e. The number of aliphatic hydroxyl groups is 1. The van der Waals surface area contributed by atoms with Gasteiger partial charge in [-0.05, 0) is 57.2 Å². The minimum Gasteiger partial charge on any atom is -0.387 e. The average Bonchev–Trinajstić information content (AvgIpc) is 3.37. The SMILES string of the molecule is CO[C@@]1(C(C)(C)O)CCN(c2cnc(C(F)(F)F)c(NC(=O)c3cccc(-c4cnn(CC5CC5)c4)n3)c2)C1. The van der Waals surface area contributed by atoms with Gasteiger partial charge in [-0.3, -0.25) is 9.48 Å². The van der Waals surface area contributed by atoms with E-state index in [4.69, 9.17) is 4.74 Å². The van der Waals surface area contributed by atoms with E-state index < -0.39 is 34.7 Å². The highest BCUT2D eigenvalue weighted by molar-refractivity contribution is 6.03. The van der Waals surface area contributed by atoms with Gasteiger partial charge in [-0.2, -0.15) is 18.3 Å². The van der Waals surface area contributed by atoms with Crippen molar-refractivity contribution in [2.75, 3.05) is 30.4 Å². The van der Waals surface area contributed by atoms with Gasteiger partial charge in [-0.15, -0.1) is 0 Å². The summed E-state index contributed by atoms with van der Waals surface area (Å²) in [6, 6.07) is 6.03. The van der Waals surface area contributed by atoms with E-state index in [9.17, 15) is 23.1 Å². The quantitative estimate of drug-likeness (QED) is 0.434. The molecule has 12 heteroatoms. The van der Waals surface area contributed by atoms with E-state index in [1.807, 2.05) is 10.9 Å². The lowest BCUT2D eigenvalue weighted by atomic mass is 9.85. The summed E-state index contributed by atoms with van der Waals surface area (Å²) < 4.78 is 48.9. The van der Waals surface area contributed by atoms with Gasteiger partial charge in [0.2, 0.25) is 0 Å². The minimum absolute atomic E-state index is 0.0393. The highest BCUT2D eigenvalue weighted by atomic mass is 19.4. The topological polar surface area (TPSA) is 105 Å². The first-order chi connectivity index (χ1) is 18.4. The Kier molecular flexibility index (Phi) is 6.88. The fourth-order valence-corrected chi connectivity index (χ4v) is 4.93. The van der Waals surface area contributed by atoms with Gasteiger partial charge in [0.05, 0.1) is 35.1 Å². The molecule has 39 heavy (non-hydrogen) atoms. The molecule has 0 spiro atoms. The normalized spacial score (nSPS) is 19.9. The van der Waals surface area contributed by atoms with Crippen LogP contribution in [0.2, 0.25) is 0 Å². The van der Waals surface area contributed by atoms with Crippen LogP contribution in [0, 0.1) is 5.92 Å². The molecule has 1 amide bonds. The molecular formula is C27H31F3N6O3. The van der Waals surface area contributed by atoms with Gasteiger partial charge in [0, 0.05) is 38.5 Å². The largest absolute Gasteiger partial charge is 0.435 e. The molecule has 0 bridgehead atoms. The summed E-state index contributed by atoms with van der Waals surface area (Å²) in [4.78, 5) is 22.9. The first-order valence-corrected chi connectivity index (χ1v) is 12.8. The number of hydrogen-bond donors (Lipinski definition) is 2. The van der Waals surface area contributed by atoms with Crippen molar-refractivity contribution in [3.63, 3.8) is 0 Å². The van der Waals surface area contributed by atoms with Crippen molar-refractivity contribution in [3.8, 4) is 11.3 Å². The minimum atomic E-state index is -4.79. The van der Waals surface area contributed by atoms with E-state index in [1.165, 1.54) is 32.1 Å². The first-order valence-electron chi connectivity index (χ1n) is 12.8. The first kappa shape index (κ1) is 27.1. The van der Waals surface area contributed by atoms with Crippen molar-refractivity contribution in [1.29, 1.82) is 0 Å². The van der Waals surface area contributed by atoms with Crippen molar-refractivity contribution in [3.05, 3.63) is 54.2 Å². The summed E-state index contributed by atoms with van der Waals surface area (Å²) in [6.07, 6.45) is 2.66. The summed E-state index contributed by atoms with van der Waals surface area (Å²) in [6.45, 7) is 4.76. The zero-order valence-electron chi connectivity index (χ0n) is 22.0. The summed E-state index contributed by atoms with van der Waals surface area (Å²) in [7, 11) is 1.50. The molecule has 4 heterocycles. The lowest BCUT2D eigenvalue weighted by Crippen LogP contribution is -2.53. The molecule has 3 aromatic heterocycles. The number of carbonyl (C=O) groups excluding carboxylic acids is 1. The van der Waals surface area contributed by atoms with Crippen LogP contribution in [0.4, 0.5) is 24.5 Å². The van der Waals surface area contributed by atoms with Gasteiger partial charge in [0.1, 0.15) is 11.3 Å². The highest BCUT2D eigenvalue weighted by Crippen LogP contribution is 2.40. The van der Waals surface area contributed by atoms with E-state index in [1.54, 1.807) is 37.1 Å². The molecule has 1 saturated carbocycles. The number of amides is 1. The number of methoxy groups -OCH3 is 1. The number of hydrogen-bond acceptors (Lipinski definition) is 7. The van der Waals surface area contributed by atoms with Crippen LogP contribution in [-0.2, 0) is 17.5 Å². The maximum absolute atomic E-state index is 13.8. The van der Waals surface area contributed by atoms with Crippen molar-refractivity contribution in [1.82, 2.24) is 19.7 Å². The fourth-order valence-electron chi connectivity index (χ4n) is 4.93. The number of carbonyl (C=O) groups is 1. The molecule has 9 nitrogen and oxygen atoms in total. The van der Waals surface area contributed by atoms with Crippen LogP contribution in [0.5, 0.6) is 0 Å². The second-order valence-electron chi connectivity index (χ2n) is 10.8. The van der Waals surface area contributed by atoms with E-state index in [0.717, 1.165) is 12.7 Å². The van der Waals surface area contributed by atoms with Gasteiger partial charge in [-0.25, -0.2) is 9.97 Å². The third-order valence-corrected chi connectivity index (χ3v) is 7.55. The van der Waals surface area contributed by atoms with E-state index >= 15 is 0 Å². The maximum atomic E-state index is 13.8. The van der Waals surface area contributed by atoms with Crippen LogP contribution in [-0.4, -0.2) is 62.2 Å². The zero-order valence-corrected chi connectivity index (χ0v) is 22.0. The van der Waals surface area contributed by atoms with Crippen LogP contribution in [0.1, 0.15) is 49.3 Å². The van der Waals surface area contributed by atoms with Gasteiger partial charge in [-0.1, -0.05) is 6.07 Å². The van der Waals surface area contributed by atoms with Crippen LogP contribution in [0.15, 0.2) is 42.9 Å². The second-order valence-corrected chi connectivity index (χ2v) is 10.8. The van der Waals surface area contributed by atoms with Gasteiger partial charge in [0.25, 0.3) is 5.91 Å². The Morgan fingerprint density at radius 1 is 1.26 bits per heavy atom. The van der Waals surface area contributed by atoms with Crippen LogP contribution >= 0.6 is 0 Å². The predicted molar refractivity (Wildman–Crippen MR) is 138 cm³/mol. The number of ether oxygens (including phenoxy) is 1. The number of pyridine rings is 2. The number of alkyl halides is 3. The molecule has 3 aromatic rings. The molecular weight excluding hydrogens is 513 g/mol. The lowest BCUT2D eigenvalue weighted by molar-refractivity contribution is -0.140. The van der Waals surface area contributed by atoms with Gasteiger partial charge in [0.15, 0.2) is 5.69 Å². The summed E-state index contributed by atoms with van der Waals surface area (Å²) in [5, 5.41) is 17.4. The Morgan fingerprint density at radius 2 is 2.03 bits per heavy atom. The highest BCUT2D eigenvalue weighted by Gasteiger charge is 2.49. The number of rotatable bonds is 8. The number of nitrogens with zero attached hydrogens (tertiary/aromatic N) is 5. The van der Waals surface area contributed by atoms with Gasteiger partial charge >= 0.3 is 6.18 Å². The summed E-state index contributed by atoms with van der Waals surface area (Å²) in [5.41, 5.74) is -2.24. The number of nitrogens with one attached hydrogen (secondary N) is 1. The standard InChI is InChI=1S/C27H31F3N6O3/c1-25(2,38)26(39-3)9-10-35(16-26)19-11-22(23(31-13-19)27(28,29)30)34-24(37)21-6-4-5-20(33-21)18-12-32-36(15-18)14-17-7-8-17/h4-6,11-13,15,17,38H,7-10,14,16H2,1-3H3,(H,34,37)/t26-/m0/s1. The smallest absolute Gasteiger partial charge is 0.387 e. The van der Waals surface area contributed by atoms with Crippen LogP contribution in [0.3, 0.4) is 0 Å². The number of anilines is 2. The molecule has 0 radical (unpaired) electrons. The Balaban J connectivity index is 1.39. The van der Waals surface area contributed by atoms with Crippen molar-refractivity contribution >= 4 is 17.3 Å². The zero-order chi connectivity index (χ0) is 28.0. The van der Waals surface area contributed by atoms with E-state index in [0.29, 0.717) is 35.8 Å². The summed E-state index contributed by atoms with van der Waals surface area (Å²) >= 11 is 0. The molecule has 0 aromatic carbocycles. The molecule has 0 unspecified atom stereocenters. The van der Waals surface area contributed by atoms with Crippen molar-refractivity contribution in [2.24, 2.45) is 5.92 Å². The van der Waals surface area contributed by atoms with E-state index in [2.05, 4.69) is 20.4 Å².